The van der Waals surface area contributed by atoms with Gasteiger partial charge in [0.15, 0.2) is 0 Å². The van der Waals surface area contributed by atoms with Crippen LogP contribution >= 0.6 is 0 Å². The number of sulfonamides is 1. The molecule has 27 heavy (non-hydrogen) atoms. The third kappa shape index (κ3) is 3.01. The standard InChI is InChI=1S/C21H28N2O3S/c24-21(22-20-16-10-14-9-15(12-16)13-17(20)11-14)19-7-4-8-23(19)27(25,26)18-5-2-1-3-6-18/h1-3,5-6,14-17,19-20H,4,7-13H2,(H,22,24). The molecular formula is C21H28N2O3S. The molecule has 4 bridgehead atoms. The second kappa shape index (κ2) is 6.59. The van der Waals surface area contributed by atoms with E-state index in [0.717, 1.165) is 18.3 Å². The average Bonchev–Trinajstić information content (AvgIpc) is 3.15. The molecule has 1 amide bonds. The highest BCUT2D eigenvalue weighted by atomic mass is 32.2. The van der Waals surface area contributed by atoms with Gasteiger partial charge in [-0.15, -0.1) is 0 Å². The quantitative estimate of drug-likeness (QED) is 0.862. The van der Waals surface area contributed by atoms with E-state index in [0.29, 0.717) is 24.8 Å². The maximum atomic E-state index is 13.1. The van der Waals surface area contributed by atoms with Crippen LogP contribution in [-0.2, 0) is 14.8 Å². The van der Waals surface area contributed by atoms with Gasteiger partial charge in [0, 0.05) is 12.6 Å². The monoisotopic (exact) mass is 388 g/mol. The Bertz CT molecular complexity index is 795. The van der Waals surface area contributed by atoms with Gasteiger partial charge in [-0.25, -0.2) is 8.42 Å². The topological polar surface area (TPSA) is 66.5 Å². The number of benzene rings is 1. The van der Waals surface area contributed by atoms with Crippen molar-refractivity contribution in [3.63, 3.8) is 0 Å². The molecule has 5 nitrogen and oxygen atoms in total. The van der Waals surface area contributed by atoms with E-state index in [1.807, 2.05) is 0 Å². The molecule has 4 aliphatic carbocycles. The van der Waals surface area contributed by atoms with Gasteiger partial charge in [0.05, 0.1) is 4.90 Å². The molecule has 0 radical (unpaired) electrons. The number of carbonyl (C=O) groups is 1. The van der Waals surface area contributed by atoms with Crippen molar-refractivity contribution in [1.82, 2.24) is 9.62 Å². The van der Waals surface area contributed by atoms with Gasteiger partial charge in [-0.1, -0.05) is 18.2 Å². The van der Waals surface area contributed by atoms with E-state index in [4.69, 9.17) is 0 Å². The predicted molar refractivity (Wildman–Crippen MR) is 102 cm³/mol. The Labute approximate surface area is 161 Å². The van der Waals surface area contributed by atoms with Crippen LogP contribution in [0.5, 0.6) is 0 Å². The molecule has 6 rings (SSSR count). The van der Waals surface area contributed by atoms with E-state index in [2.05, 4.69) is 5.32 Å². The zero-order valence-corrected chi connectivity index (χ0v) is 16.4. The molecule has 146 valence electrons. The fourth-order valence-corrected chi connectivity index (χ4v) is 8.12. The molecule has 0 aromatic heterocycles. The smallest absolute Gasteiger partial charge is 0.243 e. The average molecular weight is 389 g/mol. The number of amides is 1. The summed E-state index contributed by atoms with van der Waals surface area (Å²) in [6, 6.07) is 8.18. The van der Waals surface area contributed by atoms with Crippen molar-refractivity contribution < 1.29 is 13.2 Å². The van der Waals surface area contributed by atoms with Crippen LogP contribution in [0.4, 0.5) is 0 Å². The Balaban J connectivity index is 1.33. The molecule has 1 N–H and O–H groups in total. The molecule has 4 saturated carbocycles. The number of hydrogen-bond donors (Lipinski definition) is 1. The van der Waals surface area contributed by atoms with Gasteiger partial charge < -0.3 is 5.32 Å². The Kier molecular flexibility index (Phi) is 4.32. The summed E-state index contributed by atoms with van der Waals surface area (Å²) in [5.41, 5.74) is 0. The largest absolute Gasteiger partial charge is 0.351 e. The van der Waals surface area contributed by atoms with E-state index in [-0.39, 0.29) is 16.8 Å². The molecule has 1 atom stereocenters. The summed E-state index contributed by atoms with van der Waals surface area (Å²) in [4.78, 5) is 13.4. The van der Waals surface area contributed by atoms with Crippen molar-refractivity contribution in [2.75, 3.05) is 6.54 Å². The maximum Gasteiger partial charge on any atom is 0.243 e. The zero-order chi connectivity index (χ0) is 18.6. The van der Waals surface area contributed by atoms with Crippen LogP contribution in [-0.4, -0.2) is 37.3 Å². The SMILES string of the molecule is O=C(NC1C2CC3CC(C2)CC1C3)C1CCCN1S(=O)(=O)c1ccccc1. The van der Waals surface area contributed by atoms with E-state index < -0.39 is 16.1 Å². The van der Waals surface area contributed by atoms with Gasteiger partial charge >= 0.3 is 0 Å². The Hall–Kier alpha value is -1.40. The fraction of sp³-hybridized carbons (Fsp3) is 0.667. The molecule has 1 aromatic carbocycles. The lowest BCUT2D eigenvalue weighted by molar-refractivity contribution is -0.128. The molecule has 6 heteroatoms. The van der Waals surface area contributed by atoms with Crippen molar-refractivity contribution in [3.05, 3.63) is 30.3 Å². The summed E-state index contributed by atoms with van der Waals surface area (Å²) in [6.45, 7) is 0.428. The second-order valence-corrected chi connectivity index (χ2v) is 10.9. The molecule has 1 heterocycles. The Morgan fingerprint density at radius 3 is 2.22 bits per heavy atom. The lowest BCUT2D eigenvalue weighted by Crippen LogP contribution is -2.58. The molecule has 1 aromatic rings. The maximum absolute atomic E-state index is 13.1. The van der Waals surface area contributed by atoms with E-state index in [9.17, 15) is 13.2 Å². The summed E-state index contributed by atoms with van der Waals surface area (Å²) in [5.74, 6) is 2.85. The lowest BCUT2D eigenvalue weighted by atomic mass is 9.54. The number of rotatable bonds is 4. The molecule has 1 aliphatic heterocycles. The van der Waals surface area contributed by atoms with Gasteiger partial charge in [-0.3, -0.25) is 4.79 Å². The van der Waals surface area contributed by atoms with Gasteiger partial charge in [0.25, 0.3) is 0 Å². The van der Waals surface area contributed by atoms with Crippen molar-refractivity contribution >= 4 is 15.9 Å². The number of carbonyl (C=O) groups excluding carboxylic acids is 1. The van der Waals surface area contributed by atoms with E-state index >= 15 is 0 Å². The number of hydrogen-bond acceptors (Lipinski definition) is 3. The first-order valence-corrected chi connectivity index (χ1v) is 11.8. The van der Waals surface area contributed by atoms with Gasteiger partial charge in [0.2, 0.25) is 15.9 Å². The highest BCUT2D eigenvalue weighted by molar-refractivity contribution is 7.89. The minimum absolute atomic E-state index is 0.0792. The van der Waals surface area contributed by atoms with Crippen LogP contribution in [0.1, 0.15) is 44.9 Å². The van der Waals surface area contributed by atoms with Crippen molar-refractivity contribution in [2.24, 2.45) is 23.7 Å². The first-order valence-electron chi connectivity index (χ1n) is 10.4. The first-order chi connectivity index (χ1) is 13.0. The molecule has 1 saturated heterocycles. The van der Waals surface area contributed by atoms with Crippen molar-refractivity contribution in [2.45, 2.75) is 61.9 Å². The minimum atomic E-state index is -3.62. The molecular weight excluding hydrogens is 360 g/mol. The van der Waals surface area contributed by atoms with Gasteiger partial charge in [0.1, 0.15) is 6.04 Å². The van der Waals surface area contributed by atoms with Crippen molar-refractivity contribution in [1.29, 1.82) is 0 Å². The highest BCUT2D eigenvalue weighted by Gasteiger charge is 2.49. The molecule has 5 aliphatic rings. The lowest BCUT2D eigenvalue weighted by Gasteiger charge is -2.54. The predicted octanol–water partition coefficient (Wildman–Crippen LogP) is 2.78. The van der Waals surface area contributed by atoms with Crippen molar-refractivity contribution in [3.8, 4) is 0 Å². The summed E-state index contributed by atoms with van der Waals surface area (Å²) in [5, 5.41) is 3.31. The third-order valence-corrected chi connectivity index (χ3v) is 9.31. The first kappa shape index (κ1) is 17.7. The van der Waals surface area contributed by atoms with Crippen LogP contribution < -0.4 is 5.32 Å². The highest BCUT2D eigenvalue weighted by Crippen LogP contribution is 2.53. The summed E-state index contributed by atoms with van der Waals surface area (Å²) < 4.78 is 27.5. The Morgan fingerprint density at radius 1 is 0.963 bits per heavy atom. The summed E-state index contributed by atoms with van der Waals surface area (Å²) >= 11 is 0. The van der Waals surface area contributed by atoms with Crippen LogP contribution in [0, 0.1) is 23.7 Å². The second-order valence-electron chi connectivity index (χ2n) is 9.05. The van der Waals surface area contributed by atoms with E-state index in [1.165, 1.54) is 36.4 Å². The van der Waals surface area contributed by atoms with E-state index in [1.54, 1.807) is 30.3 Å². The normalized spacial score (nSPS) is 38.2. The Morgan fingerprint density at radius 2 is 1.59 bits per heavy atom. The molecule has 0 spiro atoms. The summed E-state index contributed by atoms with van der Waals surface area (Å²) in [7, 11) is -3.62. The van der Waals surface area contributed by atoms with Crippen LogP contribution in [0.15, 0.2) is 35.2 Å². The molecule has 1 unspecified atom stereocenters. The van der Waals surface area contributed by atoms with Crippen LogP contribution in [0.3, 0.4) is 0 Å². The van der Waals surface area contributed by atoms with Crippen LogP contribution in [0.2, 0.25) is 0 Å². The molecule has 5 fully saturated rings. The number of nitrogens with zero attached hydrogens (tertiary/aromatic N) is 1. The summed E-state index contributed by atoms with van der Waals surface area (Å²) in [6.07, 6.45) is 7.73. The number of nitrogens with one attached hydrogen (secondary N) is 1. The third-order valence-electron chi connectivity index (χ3n) is 7.39. The minimum Gasteiger partial charge on any atom is -0.351 e. The van der Waals surface area contributed by atoms with Crippen LogP contribution in [0.25, 0.3) is 0 Å². The fourth-order valence-electron chi connectivity index (χ4n) is 6.44. The van der Waals surface area contributed by atoms with Gasteiger partial charge in [-0.05, 0) is 80.8 Å². The van der Waals surface area contributed by atoms with Gasteiger partial charge in [-0.2, -0.15) is 4.31 Å². The zero-order valence-electron chi connectivity index (χ0n) is 15.6.